The number of hydrogen-bond acceptors (Lipinski definition) is 5. The van der Waals surface area contributed by atoms with E-state index in [0.29, 0.717) is 18.7 Å². The molecule has 1 amide bonds. The molecule has 0 bridgehead atoms. The normalized spacial score (nSPS) is 20.1. The van der Waals surface area contributed by atoms with Gasteiger partial charge in [0.1, 0.15) is 11.9 Å². The predicted octanol–water partition coefficient (Wildman–Crippen LogP) is 4.16. The van der Waals surface area contributed by atoms with Gasteiger partial charge in [0.15, 0.2) is 0 Å². The monoisotopic (exact) mass is 471 g/mol. The fourth-order valence-electron chi connectivity index (χ4n) is 4.81. The largest absolute Gasteiger partial charge is 0.490 e. The minimum Gasteiger partial charge on any atom is -0.490 e. The summed E-state index contributed by atoms with van der Waals surface area (Å²) in [5.41, 5.74) is 5.17. The van der Waals surface area contributed by atoms with Crippen molar-refractivity contribution in [2.75, 3.05) is 26.3 Å². The molecule has 3 aromatic rings. The van der Waals surface area contributed by atoms with Crippen LogP contribution >= 0.6 is 0 Å². The van der Waals surface area contributed by atoms with Crippen LogP contribution in [0, 0.1) is 6.92 Å². The van der Waals surface area contributed by atoms with E-state index in [1.54, 1.807) is 0 Å². The van der Waals surface area contributed by atoms with Gasteiger partial charge in [-0.1, -0.05) is 42.5 Å². The molecule has 1 aliphatic heterocycles. The van der Waals surface area contributed by atoms with Gasteiger partial charge in [0, 0.05) is 56.0 Å². The van der Waals surface area contributed by atoms with Crippen LogP contribution in [0.3, 0.4) is 0 Å². The smallest absolute Gasteiger partial charge is 0.226 e. The fraction of sp³-hybridized carbons (Fsp3) is 0.379. The van der Waals surface area contributed by atoms with E-state index in [-0.39, 0.29) is 12.3 Å². The Labute approximate surface area is 207 Å². The number of morpholine rings is 1. The Bertz CT molecular complexity index is 1120. The number of hydrogen-bond donors (Lipinski definition) is 1. The number of rotatable bonds is 8. The van der Waals surface area contributed by atoms with Crippen LogP contribution in [0.1, 0.15) is 29.7 Å². The van der Waals surface area contributed by atoms with Crippen LogP contribution in [0.4, 0.5) is 0 Å². The number of amides is 1. The zero-order valence-electron chi connectivity index (χ0n) is 20.3. The number of benzene rings is 2. The van der Waals surface area contributed by atoms with Crippen LogP contribution < -0.4 is 10.1 Å². The van der Waals surface area contributed by atoms with Crippen LogP contribution in [-0.2, 0) is 22.5 Å². The third-order valence-corrected chi connectivity index (χ3v) is 6.94. The molecule has 0 atom stereocenters. The number of aromatic nitrogens is 1. The summed E-state index contributed by atoms with van der Waals surface area (Å²) in [6.07, 6.45) is 4.59. The van der Waals surface area contributed by atoms with Gasteiger partial charge in [-0.2, -0.15) is 0 Å². The van der Waals surface area contributed by atoms with Crippen LogP contribution in [-0.4, -0.2) is 54.2 Å². The van der Waals surface area contributed by atoms with E-state index in [4.69, 9.17) is 9.47 Å². The molecule has 1 aliphatic carbocycles. The average Bonchev–Trinajstić information content (AvgIpc) is 2.87. The fourth-order valence-corrected chi connectivity index (χ4v) is 4.81. The highest BCUT2D eigenvalue weighted by molar-refractivity contribution is 5.78. The Kier molecular flexibility index (Phi) is 7.40. The van der Waals surface area contributed by atoms with E-state index >= 15 is 0 Å². The lowest BCUT2D eigenvalue weighted by atomic mass is 9.87. The van der Waals surface area contributed by atoms with Crippen molar-refractivity contribution in [2.24, 2.45) is 0 Å². The maximum atomic E-state index is 12.3. The van der Waals surface area contributed by atoms with Gasteiger partial charge < -0.3 is 14.8 Å². The number of nitrogens with zero attached hydrogens (tertiary/aromatic N) is 2. The second-order valence-electron chi connectivity index (χ2n) is 9.47. The van der Waals surface area contributed by atoms with Gasteiger partial charge in [0.05, 0.1) is 19.6 Å². The maximum Gasteiger partial charge on any atom is 0.226 e. The van der Waals surface area contributed by atoms with Crippen molar-refractivity contribution in [1.82, 2.24) is 15.2 Å². The van der Waals surface area contributed by atoms with E-state index in [9.17, 15) is 4.79 Å². The van der Waals surface area contributed by atoms with E-state index in [2.05, 4.69) is 40.3 Å². The van der Waals surface area contributed by atoms with Crippen molar-refractivity contribution in [1.29, 1.82) is 0 Å². The zero-order valence-corrected chi connectivity index (χ0v) is 20.3. The molecule has 0 spiro atoms. The van der Waals surface area contributed by atoms with Gasteiger partial charge in [-0.3, -0.25) is 14.7 Å². The molecule has 0 radical (unpaired) electrons. The lowest BCUT2D eigenvalue weighted by molar-refractivity contribution is -0.120. The van der Waals surface area contributed by atoms with Crippen LogP contribution in [0.25, 0.3) is 11.1 Å². The Balaban J connectivity index is 1.12. The topological polar surface area (TPSA) is 63.7 Å². The molecule has 2 heterocycles. The minimum atomic E-state index is -0.0290. The van der Waals surface area contributed by atoms with E-state index in [1.807, 2.05) is 48.7 Å². The van der Waals surface area contributed by atoms with Crippen molar-refractivity contribution >= 4 is 5.91 Å². The second kappa shape index (κ2) is 11.0. The van der Waals surface area contributed by atoms with Gasteiger partial charge in [-0.25, -0.2) is 0 Å². The number of carbonyl (C=O) groups is 1. The SMILES string of the molecule is Cc1cc(O[C@H]2C[C@H](N3CCOCC3)C2)ccc1-c1ccc(CC(=O)NCc2ccccc2)nc1. The Morgan fingerprint density at radius 1 is 1.09 bits per heavy atom. The summed E-state index contributed by atoms with van der Waals surface area (Å²) in [4.78, 5) is 19.3. The number of aryl methyl sites for hydroxylation is 1. The molecule has 1 N–H and O–H groups in total. The van der Waals surface area contributed by atoms with Gasteiger partial charge in [0.2, 0.25) is 5.91 Å². The van der Waals surface area contributed by atoms with Crippen LogP contribution in [0.15, 0.2) is 66.9 Å². The lowest BCUT2D eigenvalue weighted by Crippen LogP contribution is -2.52. The molecule has 6 heteroatoms. The molecule has 0 unspecified atom stereocenters. The molecule has 1 saturated heterocycles. The first kappa shape index (κ1) is 23.5. The van der Waals surface area contributed by atoms with Gasteiger partial charge in [-0.05, 0) is 41.8 Å². The number of pyridine rings is 1. The minimum absolute atomic E-state index is 0.0290. The molecule has 2 aromatic carbocycles. The summed E-state index contributed by atoms with van der Waals surface area (Å²) in [6, 6.07) is 20.8. The van der Waals surface area contributed by atoms with Gasteiger partial charge >= 0.3 is 0 Å². The Morgan fingerprint density at radius 3 is 2.60 bits per heavy atom. The average molecular weight is 472 g/mol. The molecule has 1 saturated carbocycles. The quantitative estimate of drug-likeness (QED) is 0.535. The standard InChI is InChI=1S/C29H33N3O3/c1-21-15-26(35-27-17-25(18-27)32-11-13-34-14-12-32)9-10-28(21)23-7-8-24(30-20-23)16-29(33)31-19-22-5-3-2-4-6-22/h2-10,15,20,25,27H,11-14,16-19H2,1H3,(H,31,33)/t25-,27-. The zero-order chi connectivity index (χ0) is 24.0. The molecule has 1 aromatic heterocycles. The first-order chi connectivity index (χ1) is 17.1. The van der Waals surface area contributed by atoms with Crippen molar-refractivity contribution < 1.29 is 14.3 Å². The third kappa shape index (κ3) is 6.08. The predicted molar refractivity (Wildman–Crippen MR) is 136 cm³/mol. The van der Waals surface area contributed by atoms with E-state index in [1.165, 1.54) is 0 Å². The molecular formula is C29H33N3O3. The second-order valence-corrected chi connectivity index (χ2v) is 9.47. The Morgan fingerprint density at radius 2 is 1.89 bits per heavy atom. The molecule has 5 rings (SSSR count). The molecule has 2 fully saturated rings. The van der Waals surface area contributed by atoms with Crippen molar-refractivity contribution in [3.05, 3.63) is 83.7 Å². The molecular weight excluding hydrogens is 438 g/mol. The summed E-state index contributed by atoms with van der Waals surface area (Å²) in [6.45, 7) is 6.40. The van der Waals surface area contributed by atoms with Gasteiger partial charge in [0.25, 0.3) is 0 Å². The van der Waals surface area contributed by atoms with E-state index in [0.717, 1.165) is 72.8 Å². The summed E-state index contributed by atoms with van der Waals surface area (Å²) in [7, 11) is 0. The highest BCUT2D eigenvalue weighted by atomic mass is 16.5. The Hall–Kier alpha value is -3.22. The molecule has 2 aliphatic rings. The molecule has 35 heavy (non-hydrogen) atoms. The maximum absolute atomic E-state index is 12.3. The van der Waals surface area contributed by atoms with E-state index < -0.39 is 0 Å². The summed E-state index contributed by atoms with van der Waals surface area (Å²) < 4.78 is 11.7. The lowest BCUT2D eigenvalue weighted by Gasteiger charge is -2.44. The number of ether oxygens (including phenoxy) is 2. The van der Waals surface area contributed by atoms with Crippen LogP contribution in [0.2, 0.25) is 0 Å². The number of carbonyl (C=O) groups excluding carboxylic acids is 1. The van der Waals surface area contributed by atoms with Crippen molar-refractivity contribution in [2.45, 2.75) is 44.9 Å². The number of nitrogens with one attached hydrogen (secondary N) is 1. The molecule has 182 valence electrons. The van der Waals surface area contributed by atoms with Gasteiger partial charge in [-0.15, -0.1) is 0 Å². The van der Waals surface area contributed by atoms with Crippen LogP contribution in [0.5, 0.6) is 5.75 Å². The highest BCUT2D eigenvalue weighted by Gasteiger charge is 2.35. The third-order valence-electron chi connectivity index (χ3n) is 6.94. The van der Waals surface area contributed by atoms with Crippen molar-refractivity contribution in [3.63, 3.8) is 0 Å². The summed E-state index contributed by atoms with van der Waals surface area (Å²) in [5.74, 6) is 0.898. The highest BCUT2D eigenvalue weighted by Crippen LogP contribution is 2.32. The first-order valence-corrected chi connectivity index (χ1v) is 12.5. The summed E-state index contributed by atoms with van der Waals surface area (Å²) >= 11 is 0. The first-order valence-electron chi connectivity index (χ1n) is 12.5. The summed E-state index contributed by atoms with van der Waals surface area (Å²) in [5, 5.41) is 2.95. The molecule has 6 nitrogen and oxygen atoms in total. The van der Waals surface area contributed by atoms with Crippen molar-refractivity contribution in [3.8, 4) is 16.9 Å².